The van der Waals surface area contributed by atoms with Gasteiger partial charge in [-0.3, -0.25) is 4.79 Å². The first-order chi connectivity index (χ1) is 10.6. The minimum absolute atomic E-state index is 0.0841. The predicted octanol–water partition coefficient (Wildman–Crippen LogP) is 1.90. The zero-order valence-electron chi connectivity index (χ0n) is 12.4. The highest BCUT2D eigenvalue weighted by molar-refractivity contribution is 5.79. The Morgan fingerprint density at radius 2 is 1.91 bits per heavy atom. The van der Waals surface area contributed by atoms with Crippen molar-refractivity contribution in [2.75, 3.05) is 26.3 Å². The fourth-order valence-corrected chi connectivity index (χ4v) is 2.55. The van der Waals surface area contributed by atoms with E-state index in [1.54, 1.807) is 4.90 Å². The molecule has 4 nitrogen and oxygen atoms in total. The largest absolute Gasteiger partial charge is 0.396 e. The third-order valence-corrected chi connectivity index (χ3v) is 3.84. The number of nitrogens with zero attached hydrogens (tertiary/aromatic N) is 1. The van der Waals surface area contributed by atoms with Gasteiger partial charge in [0.1, 0.15) is 11.6 Å². The van der Waals surface area contributed by atoms with Crippen LogP contribution in [0.5, 0.6) is 0 Å². The second-order valence-electron chi connectivity index (χ2n) is 5.41. The number of carbonyl (C=O) groups is 1. The molecule has 1 amide bonds. The van der Waals surface area contributed by atoms with Crippen LogP contribution in [0, 0.1) is 11.6 Å². The average molecular weight is 313 g/mol. The normalized spacial score (nSPS) is 16.0. The van der Waals surface area contributed by atoms with Crippen LogP contribution in [0.15, 0.2) is 18.2 Å². The van der Waals surface area contributed by atoms with Gasteiger partial charge in [-0.05, 0) is 31.4 Å². The Labute approximate surface area is 128 Å². The topological polar surface area (TPSA) is 49.8 Å². The van der Waals surface area contributed by atoms with E-state index in [0.717, 1.165) is 12.1 Å². The van der Waals surface area contributed by atoms with E-state index in [0.29, 0.717) is 39.0 Å². The van der Waals surface area contributed by atoms with E-state index >= 15 is 0 Å². The minimum Gasteiger partial charge on any atom is -0.396 e. The smallest absolute Gasteiger partial charge is 0.227 e. The third kappa shape index (κ3) is 4.48. The second-order valence-corrected chi connectivity index (χ2v) is 5.41. The van der Waals surface area contributed by atoms with E-state index in [2.05, 4.69) is 0 Å². The lowest BCUT2D eigenvalue weighted by Crippen LogP contribution is -2.41. The Balaban J connectivity index is 1.82. The molecule has 1 aliphatic heterocycles. The molecule has 1 N–H and O–H groups in total. The van der Waals surface area contributed by atoms with Gasteiger partial charge in [0.05, 0.1) is 12.5 Å². The van der Waals surface area contributed by atoms with E-state index in [9.17, 15) is 13.6 Å². The summed E-state index contributed by atoms with van der Waals surface area (Å²) in [5.74, 6) is -1.64. The predicted molar refractivity (Wildman–Crippen MR) is 77.3 cm³/mol. The Kier molecular flexibility index (Phi) is 6.27. The van der Waals surface area contributed by atoms with Crippen LogP contribution >= 0.6 is 0 Å². The standard InChI is InChI=1S/C16H21F2NO3/c17-14-3-1-4-15(18)13(14)11-16(21)19-7-5-12(6-8-19)22-10-2-9-20/h1,3-4,12,20H,2,5-11H2. The van der Waals surface area contributed by atoms with Gasteiger partial charge in [0, 0.05) is 31.9 Å². The van der Waals surface area contributed by atoms with Crippen molar-refractivity contribution in [1.29, 1.82) is 0 Å². The van der Waals surface area contributed by atoms with Gasteiger partial charge in [-0.25, -0.2) is 8.78 Å². The summed E-state index contributed by atoms with van der Waals surface area (Å²) >= 11 is 0. The van der Waals surface area contributed by atoms with Gasteiger partial charge in [-0.1, -0.05) is 6.07 Å². The number of aliphatic hydroxyl groups is 1. The summed E-state index contributed by atoms with van der Waals surface area (Å²) in [5.41, 5.74) is -0.172. The fourth-order valence-electron chi connectivity index (χ4n) is 2.55. The molecule has 0 aliphatic carbocycles. The monoisotopic (exact) mass is 313 g/mol. The summed E-state index contributed by atoms with van der Waals surface area (Å²) < 4.78 is 32.7. The summed E-state index contributed by atoms with van der Waals surface area (Å²) in [7, 11) is 0. The van der Waals surface area contributed by atoms with Crippen LogP contribution < -0.4 is 0 Å². The molecule has 2 rings (SSSR count). The molecule has 1 aromatic carbocycles. The van der Waals surface area contributed by atoms with Crippen molar-refractivity contribution in [3.63, 3.8) is 0 Å². The first-order valence-corrected chi connectivity index (χ1v) is 7.55. The van der Waals surface area contributed by atoms with E-state index < -0.39 is 11.6 Å². The number of hydrogen-bond acceptors (Lipinski definition) is 3. The van der Waals surface area contributed by atoms with E-state index in [1.165, 1.54) is 6.07 Å². The lowest BCUT2D eigenvalue weighted by atomic mass is 10.1. The van der Waals surface area contributed by atoms with Crippen LogP contribution in [-0.4, -0.2) is 48.3 Å². The summed E-state index contributed by atoms with van der Waals surface area (Å²) in [6.45, 7) is 1.67. The molecule has 1 heterocycles. The van der Waals surface area contributed by atoms with Crippen molar-refractivity contribution in [2.24, 2.45) is 0 Å². The SMILES string of the molecule is O=C(Cc1c(F)cccc1F)N1CCC(OCCCO)CC1. The van der Waals surface area contributed by atoms with Gasteiger partial charge in [0.25, 0.3) is 0 Å². The highest BCUT2D eigenvalue weighted by Crippen LogP contribution is 2.18. The molecular weight excluding hydrogens is 292 g/mol. The molecule has 1 fully saturated rings. The van der Waals surface area contributed by atoms with Crippen molar-refractivity contribution in [1.82, 2.24) is 4.90 Å². The Bertz CT molecular complexity index is 482. The number of rotatable bonds is 6. The number of piperidine rings is 1. The van der Waals surface area contributed by atoms with Crippen LogP contribution in [0.4, 0.5) is 8.78 Å². The lowest BCUT2D eigenvalue weighted by Gasteiger charge is -2.32. The number of amides is 1. The number of aliphatic hydroxyl groups excluding tert-OH is 1. The highest BCUT2D eigenvalue weighted by Gasteiger charge is 2.24. The second kappa shape index (κ2) is 8.19. The van der Waals surface area contributed by atoms with E-state index in [-0.39, 0.29) is 30.6 Å². The van der Waals surface area contributed by atoms with Gasteiger partial charge in [-0.2, -0.15) is 0 Å². The summed E-state index contributed by atoms with van der Waals surface area (Å²) in [6.07, 6.45) is 1.84. The molecular formula is C16H21F2NO3. The molecule has 122 valence electrons. The molecule has 0 unspecified atom stereocenters. The van der Waals surface area contributed by atoms with Crippen molar-refractivity contribution in [3.8, 4) is 0 Å². The van der Waals surface area contributed by atoms with Crippen molar-refractivity contribution in [3.05, 3.63) is 35.4 Å². The molecule has 1 aliphatic rings. The maximum Gasteiger partial charge on any atom is 0.227 e. The highest BCUT2D eigenvalue weighted by atomic mass is 19.1. The summed E-state index contributed by atoms with van der Waals surface area (Å²) in [5, 5.41) is 8.70. The quantitative estimate of drug-likeness (QED) is 0.816. The van der Waals surface area contributed by atoms with Crippen LogP contribution in [0.2, 0.25) is 0 Å². The van der Waals surface area contributed by atoms with Crippen LogP contribution in [0.1, 0.15) is 24.8 Å². The van der Waals surface area contributed by atoms with Crippen LogP contribution in [0.25, 0.3) is 0 Å². The van der Waals surface area contributed by atoms with Gasteiger partial charge in [0.15, 0.2) is 0 Å². The first kappa shape index (κ1) is 16.8. The Hall–Kier alpha value is -1.53. The third-order valence-electron chi connectivity index (χ3n) is 3.84. The number of halogens is 2. The fraction of sp³-hybridized carbons (Fsp3) is 0.562. The number of hydrogen-bond donors (Lipinski definition) is 1. The summed E-state index contributed by atoms with van der Waals surface area (Å²) in [6, 6.07) is 3.60. The molecule has 22 heavy (non-hydrogen) atoms. The van der Waals surface area contributed by atoms with Crippen molar-refractivity contribution < 1.29 is 23.4 Å². The minimum atomic E-state index is -0.685. The Morgan fingerprint density at radius 1 is 1.27 bits per heavy atom. The maximum atomic E-state index is 13.6. The summed E-state index contributed by atoms with van der Waals surface area (Å²) in [4.78, 5) is 13.8. The molecule has 1 aromatic rings. The molecule has 0 atom stereocenters. The zero-order valence-corrected chi connectivity index (χ0v) is 12.4. The zero-order chi connectivity index (χ0) is 15.9. The molecule has 0 bridgehead atoms. The molecule has 0 saturated carbocycles. The van der Waals surface area contributed by atoms with Gasteiger partial charge in [-0.15, -0.1) is 0 Å². The molecule has 0 radical (unpaired) electrons. The van der Waals surface area contributed by atoms with E-state index in [4.69, 9.17) is 9.84 Å². The van der Waals surface area contributed by atoms with Crippen molar-refractivity contribution in [2.45, 2.75) is 31.8 Å². The first-order valence-electron chi connectivity index (χ1n) is 7.55. The Morgan fingerprint density at radius 3 is 2.50 bits per heavy atom. The number of likely N-dealkylation sites (tertiary alicyclic amines) is 1. The maximum absolute atomic E-state index is 13.6. The van der Waals surface area contributed by atoms with Gasteiger partial charge < -0.3 is 14.7 Å². The molecule has 6 heteroatoms. The molecule has 0 spiro atoms. The van der Waals surface area contributed by atoms with Crippen LogP contribution in [0.3, 0.4) is 0 Å². The number of carbonyl (C=O) groups excluding carboxylic acids is 1. The van der Waals surface area contributed by atoms with Crippen LogP contribution in [-0.2, 0) is 16.0 Å². The lowest BCUT2D eigenvalue weighted by molar-refractivity contribution is -0.133. The average Bonchev–Trinajstić information content (AvgIpc) is 2.52. The number of ether oxygens (including phenoxy) is 1. The molecule has 0 aromatic heterocycles. The molecule has 1 saturated heterocycles. The van der Waals surface area contributed by atoms with Crippen molar-refractivity contribution >= 4 is 5.91 Å². The number of benzene rings is 1. The van der Waals surface area contributed by atoms with Gasteiger partial charge >= 0.3 is 0 Å². The van der Waals surface area contributed by atoms with E-state index in [1.807, 2.05) is 0 Å². The van der Waals surface area contributed by atoms with Gasteiger partial charge in [0.2, 0.25) is 5.91 Å².